The molecule has 6 nitrogen and oxygen atoms in total. The maximum atomic E-state index is 11.1. The van der Waals surface area contributed by atoms with Gasteiger partial charge in [0.1, 0.15) is 12.4 Å². The molecule has 0 fully saturated rings. The highest BCUT2D eigenvalue weighted by Crippen LogP contribution is 2.26. The number of hydrogen-bond acceptors (Lipinski definition) is 4. The van der Waals surface area contributed by atoms with E-state index in [0.29, 0.717) is 12.2 Å². The smallest absolute Gasteiger partial charge is 0.326 e. The van der Waals surface area contributed by atoms with Crippen LogP contribution in [-0.2, 0) is 11.8 Å². The predicted molar refractivity (Wildman–Crippen MR) is 71.8 cm³/mol. The molecule has 2 aromatic rings. The third-order valence-corrected chi connectivity index (χ3v) is 2.92. The van der Waals surface area contributed by atoms with Crippen LogP contribution < -0.4 is 5.32 Å². The summed E-state index contributed by atoms with van der Waals surface area (Å²) < 4.78 is 1.79. The Morgan fingerprint density at radius 1 is 1.47 bits per heavy atom. The first-order valence-corrected chi connectivity index (χ1v) is 6.06. The highest BCUT2D eigenvalue weighted by molar-refractivity contribution is 5.81. The molecule has 0 radical (unpaired) electrons. The Morgan fingerprint density at radius 2 is 2.21 bits per heavy atom. The summed E-state index contributed by atoms with van der Waals surface area (Å²) in [7, 11) is 1.85. The minimum absolute atomic E-state index is 0.502. The SMILES string of the molecule is CCC(Nc1ccccc1-c1nncn1C)C(=O)O. The fourth-order valence-corrected chi connectivity index (χ4v) is 1.86. The van der Waals surface area contributed by atoms with Gasteiger partial charge in [-0.05, 0) is 18.6 Å². The molecule has 0 saturated carbocycles. The predicted octanol–water partition coefficient (Wildman–Crippen LogP) is 1.76. The van der Waals surface area contributed by atoms with Gasteiger partial charge in [0.25, 0.3) is 0 Å². The van der Waals surface area contributed by atoms with Crippen molar-refractivity contribution in [3.05, 3.63) is 30.6 Å². The molecular formula is C13H16N4O2. The Bertz CT molecular complexity index is 580. The zero-order valence-electron chi connectivity index (χ0n) is 10.9. The minimum atomic E-state index is -0.865. The molecular weight excluding hydrogens is 244 g/mol. The van der Waals surface area contributed by atoms with Gasteiger partial charge in [-0.2, -0.15) is 0 Å². The lowest BCUT2D eigenvalue weighted by atomic mass is 10.1. The van der Waals surface area contributed by atoms with Crippen molar-refractivity contribution in [1.29, 1.82) is 0 Å². The van der Waals surface area contributed by atoms with Gasteiger partial charge in [0.05, 0.1) is 0 Å². The lowest BCUT2D eigenvalue weighted by Crippen LogP contribution is -2.28. The van der Waals surface area contributed by atoms with Gasteiger partial charge in [-0.25, -0.2) is 4.79 Å². The average Bonchev–Trinajstić information content (AvgIpc) is 2.82. The molecule has 0 aliphatic carbocycles. The highest BCUT2D eigenvalue weighted by atomic mass is 16.4. The van der Waals surface area contributed by atoms with Crippen LogP contribution in [0.4, 0.5) is 5.69 Å². The molecule has 0 saturated heterocycles. The molecule has 0 aliphatic rings. The number of nitrogens with one attached hydrogen (secondary N) is 1. The second kappa shape index (κ2) is 5.51. The maximum Gasteiger partial charge on any atom is 0.326 e. The van der Waals surface area contributed by atoms with Gasteiger partial charge in [-0.3, -0.25) is 0 Å². The quantitative estimate of drug-likeness (QED) is 0.856. The number of aliphatic carboxylic acids is 1. The number of carbonyl (C=O) groups is 1. The summed E-state index contributed by atoms with van der Waals surface area (Å²) in [6, 6.07) is 6.86. The van der Waals surface area contributed by atoms with Gasteiger partial charge < -0.3 is 15.0 Å². The molecule has 2 N–H and O–H groups in total. The number of carboxylic acids is 1. The van der Waals surface area contributed by atoms with Crippen LogP contribution in [0.15, 0.2) is 30.6 Å². The molecule has 1 aromatic carbocycles. The minimum Gasteiger partial charge on any atom is -0.480 e. The second-order valence-corrected chi connectivity index (χ2v) is 4.25. The van der Waals surface area contributed by atoms with Crippen molar-refractivity contribution in [3.63, 3.8) is 0 Å². The van der Waals surface area contributed by atoms with Crippen LogP contribution in [0.2, 0.25) is 0 Å². The zero-order chi connectivity index (χ0) is 13.8. The third kappa shape index (κ3) is 2.73. The third-order valence-electron chi connectivity index (χ3n) is 2.92. The van der Waals surface area contributed by atoms with E-state index in [2.05, 4.69) is 15.5 Å². The first-order chi connectivity index (χ1) is 9.13. The first-order valence-electron chi connectivity index (χ1n) is 6.06. The van der Waals surface area contributed by atoms with E-state index in [4.69, 9.17) is 5.11 Å². The average molecular weight is 260 g/mol. The van der Waals surface area contributed by atoms with E-state index < -0.39 is 12.0 Å². The van der Waals surface area contributed by atoms with Crippen molar-refractivity contribution in [1.82, 2.24) is 14.8 Å². The number of aryl methyl sites for hydroxylation is 1. The molecule has 1 heterocycles. The molecule has 2 rings (SSSR count). The number of para-hydroxylation sites is 1. The molecule has 1 aromatic heterocycles. The van der Waals surface area contributed by atoms with E-state index in [-0.39, 0.29) is 0 Å². The van der Waals surface area contributed by atoms with Crippen LogP contribution in [0, 0.1) is 0 Å². The number of nitrogens with zero attached hydrogens (tertiary/aromatic N) is 3. The number of aromatic nitrogens is 3. The molecule has 1 atom stereocenters. The van der Waals surface area contributed by atoms with Crippen molar-refractivity contribution in [2.45, 2.75) is 19.4 Å². The van der Waals surface area contributed by atoms with Crippen LogP contribution in [0.5, 0.6) is 0 Å². The van der Waals surface area contributed by atoms with Gasteiger partial charge in [-0.1, -0.05) is 19.1 Å². The van der Waals surface area contributed by atoms with E-state index >= 15 is 0 Å². The van der Waals surface area contributed by atoms with Gasteiger partial charge in [0.2, 0.25) is 0 Å². The summed E-state index contributed by atoms with van der Waals surface area (Å²) >= 11 is 0. The van der Waals surface area contributed by atoms with Crippen LogP contribution in [0.3, 0.4) is 0 Å². The van der Waals surface area contributed by atoms with Crippen LogP contribution in [0.1, 0.15) is 13.3 Å². The fraction of sp³-hybridized carbons (Fsp3) is 0.308. The number of hydrogen-bond donors (Lipinski definition) is 2. The van der Waals surface area contributed by atoms with Gasteiger partial charge in [-0.15, -0.1) is 10.2 Å². The van der Waals surface area contributed by atoms with Crippen LogP contribution in [-0.4, -0.2) is 31.9 Å². The Morgan fingerprint density at radius 3 is 2.79 bits per heavy atom. The summed E-state index contributed by atoms with van der Waals surface area (Å²) in [4.78, 5) is 11.1. The summed E-state index contributed by atoms with van der Waals surface area (Å²) in [6.07, 6.45) is 2.11. The van der Waals surface area contributed by atoms with Gasteiger partial charge in [0, 0.05) is 18.3 Å². The second-order valence-electron chi connectivity index (χ2n) is 4.25. The lowest BCUT2D eigenvalue weighted by Gasteiger charge is -2.16. The van der Waals surface area contributed by atoms with Crippen molar-refractivity contribution >= 4 is 11.7 Å². The molecule has 0 bridgehead atoms. The Balaban J connectivity index is 2.37. The first kappa shape index (κ1) is 13.1. The van der Waals surface area contributed by atoms with Crippen molar-refractivity contribution in [2.75, 3.05) is 5.32 Å². The fourth-order valence-electron chi connectivity index (χ4n) is 1.86. The molecule has 1 unspecified atom stereocenters. The Hall–Kier alpha value is -2.37. The number of rotatable bonds is 5. The molecule has 6 heteroatoms. The monoisotopic (exact) mass is 260 g/mol. The molecule has 0 aliphatic heterocycles. The van der Waals surface area contributed by atoms with E-state index in [1.165, 1.54) is 0 Å². The number of anilines is 1. The molecule has 0 spiro atoms. The molecule has 0 amide bonds. The Kier molecular flexibility index (Phi) is 3.79. The standard InChI is InChI=1S/C13H16N4O2/c1-3-10(13(18)19)15-11-7-5-4-6-9(11)12-16-14-8-17(12)2/h4-8,10,15H,3H2,1-2H3,(H,18,19). The van der Waals surface area contributed by atoms with Crippen molar-refractivity contribution in [2.24, 2.45) is 7.05 Å². The summed E-state index contributed by atoms with van der Waals surface area (Å²) in [6.45, 7) is 1.83. The zero-order valence-corrected chi connectivity index (χ0v) is 10.9. The van der Waals surface area contributed by atoms with Crippen molar-refractivity contribution < 1.29 is 9.90 Å². The van der Waals surface area contributed by atoms with Gasteiger partial charge in [0.15, 0.2) is 5.82 Å². The topological polar surface area (TPSA) is 80.0 Å². The van der Waals surface area contributed by atoms with Gasteiger partial charge >= 0.3 is 5.97 Å². The van der Waals surface area contributed by atoms with Crippen LogP contribution in [0.25, 0.3) is 11.4 Å². The summed E-state index contributed by atoms with van der Waals surface area (Å²) in [5.74, 6) is -0.168. The maximum absolute atomic E-state index is 11.1. The normalized spacial score (nSPS) is 12.1. The van der Waals surface area contributed by atoms with Crippen molar-refractivity contribution in [3.8, 4) is 11.4 Å². The number of carboxylic acid groups (broad SMARTS) is 1. The van der Waals surface area contributed by atoms with Crippen LogP contribution >= 0.6 is 0 Å². The van der Waals surface area contributed by atoms with E-state index in [1.807, 2.05) is 38.2 Å². The van der Waals surface area contributed by atoms with E-state index in [0.717, 1.165) is 11.3 Å². The summed E-state index contributed by atoms with van der Waals surface area (Å²) in [5, 5.41) is 20.0. The van der Waals surface area contributed by atoms with E-state index in [9.17, 15) is 4.79 Å². The Labute approximate surface area is 111 Å². The molecule has 100 valence electrons. The lowest BCUT2D eigenvalue weighted by molar-refractivity contribution is -0.137. The van der Waals surface area contributed by atoms with E-state index in [1.54, 1.807) is 10.9 Å². The summed E-state index contributed by atoms with van der Waals surface area (Å²) in [5.41, 5.74) is 1.58. The highest BCUT2D eigenvalue weighted by Gasteiger charge is 2.17. The number of benzene rings is 1. The largest absolute Gasteiger partial charge is 0.480 e. The molecule has 19 heavy (non-hydrogen) atoms.